The van der Waals surface area contributed by atoms with Gasteiger partial charge in [-0.3, -0.25) is 0 Å². The van der Waals surface area contributed by atoms with E-state index in [9.17, 15) is 4.39 Å². The molecule has 2 atom stereocenters. The number of halogens is 1. The zero-order valence-electron chi connectivity index (χ0n) is 9.65. The molecule has 1 saturated heterocycles. The summed E-state index contributed by atoms with van der Waals surface area (Å²) >= 11 is 0. The number of ether oxygens (including phenoxy) is 2. The second-order valence-electron chi connectivity index (χ2n) is 4.07. The van der Waals surface area contributed by atoms with Crippen molar-refractivity contribution < 1.29 is 13.9 Å². The van der Waals surface area contributed by atoms with Crippen molar-refractivity contribution in [1.82, 2.24) is 0 Å². The van der Waals surface area contributed by atoms with E-state index in [0.717, 1.165) is 18.4 Å². The highest BCUT2D eigenvalue weighted by molar-refractivity contribution is 5.36. The molecule has 0 spiro atoms. The third-order valence-corrected chi connectivity index (χ3v) is 2.97. The Bertz CT molecular complexity index is 442. The first kappa shape index (κ1) is 11.9. The Morgan fingerprint density at radius 3 is 3.06 bits per heavy atom. The number of hydrogen-bond acceptors (Lipinski definition) is 3. The van der Waals surface area contributed by atoms with Gasteiger partial charge in [-0.1, -0.05) is 0 Å². The topological polar surface area (TPSA) is 42.2 Å². The summed E-state index contributed by atoms with van der Waals surface area (Å²) in [4.78, 5) is 0. The molecular weight excluding hydrogens is 221 g/mol. The van der Waals surface area contributed by atoms with Crippen molar-refractivity contribution in [1.29, 1.82) is 5.26 Å². The molecule has 2 rings (SSSR count). The van der Waals surface area contributed by atoms with Gasteiger partial charge in [-0.25, -0.2) is 4.39 Å². The maximum absolute atomic E-state index is 13.2. The highest BCUT2D eigenvalue weighted by Gasteiger charge is 2.28. The Morgan fingerprint density at radius 2 is 2.35 bits per heavy atom. The largest absolute Gasteiger partial charge is 0.496 e. The van der Waals surface area contributed by atoms with Crippen LogP contribution in [-0.4, -0.2) is 13.2 Å². The van der Waals surface area contributed by atoms with Crippen molar-refractivity contribution in [3.05, 3.63) is 29.6 Å². The molecule has 4 heteroatoms. The second-order valence-corrected chi connectivity index (χ2v) is 4.07. The number of hydrogen-bond donors (Lipinski definition) is 0. The summed E-state index contributed by atoms with van der Waals surface area (Å²) in [6, 6.07) is 6.50. The van der Waals surface area contributed by atoms with Crippen molar-refractivity contribution in [3.8, 4) is 11.8 Å². The highest BCUT2D eigenvalue weighted by Crippen LogP contribution is 2.38. The average molecular weight is 235 g/mol. The van der Waals surface area contributed by atoms with Crippen LogP contribution in [0.2, 0.25) is 0 Å². The van der Waals surface area contributed by atoms with Gasteiger partial charge >= 0.3 is 0 Å². The lowest BCUT2D eigenvalue weighted by Crippen LogP contribution is -2.06. The molecule has 0 radical (unpaired) electrons. The van der Waals surface area contributed by atoms with Gasteiger partial charge in [-0.05, 0) is 31.0 Å². The Morgan fingerprint density at radius 1 is 1.53 bits per heavy atom. The molecule has 90 valence electrons. The molecule has 0 aromatic heterocycles. The minimum Gasteiger partial charge on any atom is -0.496 e. The van der Waals surface area contributed by atoms with Crippen LogP contribution in [0.5, 0.6) is 5.75 Å². The number of nitrogens with zero attached hydrogens (tertiary/aromatic N) is 1. The Hall–Kier alpha value is -1.60. The number of benzene rings is 1. The van der Waals surface area contributed by atoms with Gasteiger partial charge in [0.15, 0.2) is 0 Å². The van der Waals surface area contributed by atoms with Crippen molar-refractivity contribution in [3.63, 3.8) is 0 Å². The third-order valence-electron chi connectivity index (χ3n) is 2.97. The lowest BCUT2D eigenvalue weighted by molar-refractivity contribution is 0.0460. The van der Waals surface area contributed by atoms with E-state index in [-0.39, 0.29) is 18.0 Å². The van der Waals surface area contributed by atoms with Crippen LogP contribution in [0.4, 0.5) is 4.39 Å². The lowest BCUT2D eigenvalue weighted by atomic mass is 10.0. The molecule has 1 aliphatic heterocycles. The van der Waals surface area contributed by atoms with E-state index in [1.54, 1.807) is 13.2 Å². The number of nitriles is 1. The molecule has 1 heterocycles. The van der Waals surface area contributed by atoms with Gasteiger partial charge < -0.3 is 9.47 Å². The Kier molecular flexibility index (Phi) is 3.60. The van der Waals surface area contributed by atoms with Gasteiger partial charge in [-0.15, -0.1) is 0 Å². The number of methoxy groups -OCH3 is 1. The van der Waals surface area contributed by atoms with Gasteiger partial charge in [-0.2, -0.15) is 5.26 Å². The average Bonchev–Trinajstić information content (AvgIpc) is 2.78. The first-order chi connectivity index (χ1) is 8.24. The van der Waals surface area contributed by atoms with Crippen LogP contribution in [0, 0.1) is 17.1 Å². The third kappa shape index (κ3) is 2.56. The van der Waals surface area contributed by atoms with Crippen LogP contribution < -0.4 is 4.74 Å². The Labute approximate surface area is 99.8 Å². The maximum Gasteiger partial charge on any atom is 0.124 e. The Balaban J connectivity index is 2.18. The summed E-state index contributed by atoms with van der Waals surface area (Å²) in [6.07, 6.45) is 1.80. The number of rotatable bonds is 3. The van der Waals surface area contributed by atoms with Crippen LogP contribution in [0.25, 0.3) is 0 Å². The van der Waals surface area contributed by atoms with Crippen molar-refractivity contribution >= 4 is 0 Å². The van der Waals surface area contributed by atoms with Crippen LogP contribution in [0.3, 0.4) is 0 Å². The SMILES string of the molecule is COc1ccc(F)cc1[C@@H]1CC[C@H](CC#N)O1. The van der Waals surface area contributed by atoms with E-state index in [4.69, 9.17) is 14.7 Å². The van der Waals surface area contributed by atoms with Crippen LogP contribution in [0.1, 0.15) is 30.9 Å². The molecule has 1 aromatic rings. The van der Waals surface area contributed by atoms with E-state index in [1.807, 2.05) is 0 Å². The summed E-state index contributed by atoms with van der Waals surface area (Å²) in [5, 5.41) is 8.61. The highest BCUT2D eigenvalue weighted by atomic mass is 19.1. The van der Waals surface area contributed by atoms with E-state index in [2.05, 4.69) is 6.07 Å². The summed E-state index contributed by atoms with van der Waals surface area (Å²) in [6.45, 7) is 0. The molecule has 1 aromatic carbocycles. The quantitative estimate of drug-likeness (QED) is 0.808. The zero-order chi connectivity index (χ0) is 12.3. The first-order valence-electron chi connectivity index (χ1n) is 5.60. The predicted molar refractivity (Wildman–Crippen MR) is 60.0 cm³/mol. The molecule has 0 bridgehead atoms. The summed E-state index contributed by atoms with van der Waals surface area (Å²) in [7, 11) is 1.55. The fourth-order valence-corrected chi connectivity index (χ4v) is 2.14. The molecule has 1 fully saturated rings. The summed E-state index contributed by atoms with van der Waals surface area (Å²) in [5.74, 6) is 0.335. The summed E-state index contributed by atoms with van der Waals surface area (Å²) in [5.41, 5.74) is 0.730. The van der Waals surface area contributed by atoms with E-state index < -0.39 is 0 Å². The maximum atomic E-state index is 13.2. The van der Waals surface area contributed by atoms with Gasteiger partial charge in [0.1, 0.15) is 11.6 Å². The van der Waals surface area contributed by atoms with Crippen LogP contribution in [0.15, 0.2) is 18.2 Å². The van der Waals surface area contributed by atoms with Gasteiger partial charge in [0.2, 0.25) is 0 Å². The van der Waals surface area contributed by atoms with Crippen molar-refractivity contribution in [2.75, 3.05) is 7.11 Å². The summed E-state index contributed by atoms with van der Waals surface area (Å²) < 4.78 is 24.1. The minimum absolute atomic E-state index is 0.0435. The molecular formula is C13H14FNO2. The fraction of sp³-hybridized carbons (Fsp3) is 0.462. The van der Waals surface area contributed by atoms with E-state index >= 15 is 0 Å². The fourth-order valence-electron chi connectivity index (χ4n) is 2.14. The minimum atomic E-state index is -0.298. The normalized spacial score (nSPS) is 23.4. The van der Waals surface area contributed by atoms with Crippen LogP contribution in [-0.2, 0) is 4.74 Å². The zero-order valence-corrected chi connectivity index (χ0v) is 9.65. The molecule has 17 heavy (non-hydrogen) atoms. The van der Waals surface area contributed by atoms with Crippen molar-refractivity contribution in [2.24, 2.45) is 0 Å². The predicted octanol–water partition coefficient (Wildman–Crippen LogP) is 2.97. The van der Waals surface area contributed by atoms with E-state index in [0.29, 0.717) is 12.2 Å². The first-order valence-corrected chi connectivity index (χ1v) is 5.60. The molecule has 0 unspecified atom stereocenters. The monoisotopic (exact) mass is 235 g/mol. The van der Waals surface area contributed by atoms with Gasteiger partial charge in [0, 0.05) is 5.56 Å². The second kappa shape index (κ2) is 5.15. The molecule has 1 aliphatic rings. The van der Waals surface area contributed by atoms with Crippen LogP contribution >= 0.6 is 0 Å². The molecule has 3 nitrogen and oxygen atoms in total. The van der Waals surface area contributed by atoms with Gasteiger partial charge in [0.05, 0.1) is 31.8 Å². The lowest BCUT2D eigenvalue weighted by Gasteiger charge is -2.15. The molecule has 0 N–H and O–H groups in total. The van der Waals surface area contributed by atoms with Gasteiger partial charge in [0.25, 0.3) is 0 Å². The standard InChI is InChI=1S/C13H14FNO2/c1-16-12-4-2-9(14)8-11(12)13-5-3-10(17-13)6-7-15/h2,4,8,10,13H,3,5-6H2,1H3/t10-,13+/m1/s1. The van der Waals surface area contributed by atoms with E-state index in [1.165, 1.54) is 12.1 Å². The molecule has 0 amide bonds. The molecule has 0 saturated carbocycles. The van der Waals surface area contributed by atoms with Crippen molar-refractivity contribution in [2.45, 2.75) is 31.5 Å². The smallest absolute Gasteiger partial charge is 0.124 e. The molecule has 0 aliphatic carbocycles.